The molecule has 1 atom stereocenters. The Morgan fingerprint density at radius 3 is 2.87 bits per heavy atom. The Hall–Kier alpha value is -1.91. The van der Waals surface area contributed by atoms with Crippen LogP contribution in [0.2, 0.25) is 5.02 Å². The van der Waals surface area contributed by atoms with Gasteiger partial charge in [0.15, 0.2) is 11.6 Å². The summed E-state index contributed by atoms with van der Waals surface area (Å²) in [4.78, 5) is 15.9. The summed E-state index contributed by atoms with van der Waals surface area (Å²) in [7, 11) is 0.199. The van der Waals surface area contributed by atoms with Crippen molar-refractivity contribution in [2.24, 2.45) is 0 Å². The van der Waals surface area contributed by atoms with E-state index in [1.165, 1.54) is 10.5 Å². The van der Waals surface area contributed by atoms with Gasteiger partial charge in [0.25, 0.3) is 0 Å². The number of oxazole rings is 1. The van der Waals surface area contributed by atoms with Gasteiger partial charge in [-0.25, -0.2) is 14.2 Å². The summed E-state index contributed by atoms with van der Waals surface area (Å²) < 4.78 is 21.5. The van der Waals surface area contributed by atoms with Gasteiger partial charge in [-0.15, -0.1) is 0 Å². The third-order valence-corrected chi connectivity index (χ3v) is 4.90. The molecule has 0 amide bonds. The fourth-order valence-electron chi connectivity index (χ4n) is 2.57. The van der Waals surface area contributed by atoms with E-state index < -0.39 is 11.6 Å². The van der Waals surface area contributed by atoms with Crippen LogP contribution >= 0.6 is 20.3 Å². The first-order valence-electron chi connectivity index (χ1n) is 6.94. The maximum absolute atomic E-state index is 14.7. The van der Waals surface area contributed by atoms with E-state index in [4.69, 9.17) is 21.8 Å². The minimum atomic E-state index is -0.638. The van der Waals surface area contributed by atoms with Gasteiger partial charge in [-0.2, -0.15) is 0 Å². The molecule has 5 nitrogen and oxygen atoms in total. The van der Waals surface area contributed by atoms with E-state index in [-0.39, 0.29) is 25.1 Å². The number of pyridine rings is 1. The molecular weight excluding hydrogens is 340 g/mol. The third-order valence-electron chi connectivity index (χ3n) is 3.63. The lowest BCUT2D eigenvalue weighted by Crippen LogP contribution is -2.08. The van der Waals surface area contributed by atoms with Crippen LogP contribution in [0.1, 0.15) is 12.6 Å². The Kier molecular flexibility index (Phi) is 4.13. The number of anilines is 1. The Morgan fingerprint density at radius 2 is 2.22 bits per heavy atom. The van der Waals surface area contributed by atoms with Crippen LogP contribution in [0.5, 0.6) is 0 Å². The van der Waals surface area contributed by atoms with Gasteiger partial charge in [0.05, 0.1) is 16.3 Å². The molecule has 23 heavy (non-hydrogen) atoms. The van der Waals surface area contributed by atoms with Gasteiger partial charge >= 0.3 is 5.76 Å². The topological polar surface area (TPSA) is 74.1 Å². The van der Waals surface area contributed by atoms with E-state index in [1.807, 2.05) is 13.6 Å². The van der Waals surface area contributed by atoms with E-state index in [1.54, 1.807) is 12.1 Å². The predicted molar refractivity (Wildman–Crippen MR) is 92.1 cm³/mol. The summed E-state index contributed by atoms with van der Waals surface area (Å²) in [5, 5.41) is 1.02. The summed E-state index contributed by atoms with van der Waals surface area (Å²) in [6.07, 6.45) is 1.96. The average Bonchev–Trinajstić information content (AvgIpc) is 2.86. The van der Waals surface area contributed by atoms with Crippen molar-refractivity contribution < 1.29 is 8.81 Å². The second-order valence-corrected chi connectivity index (χ2v) is 6.21. The zero-order valence-electron chi connectivity index (χ0n) is 12.5. The lowest BCUT2D eigenvalue weighted by atomic mass is 10.0. The molecule has 3 aromatic rings. The first-order valence-corrected chi connectivity index (χ1v) is 8.76. The highest BCUT2D eigenvalue weighted by atomic mass is 35.5. The number of aromatic nitrogens is 2. The number of fused-ring (bicyclic) bond motifs is 1. The lowest BCUT2D eigenvalue weighted by molar-refractivity contribution is 0.518. The fourth-order valence-corrected chi connectivity index (χ4v) is 3.59. The Morgan fingerprint density at radius 1 is 1.48 bits per heavy atom. The van der Waals surface area contributed by atoms with Crippen LogP contribution in [0.25, 0.3) is 22.1 Å². The normalized spacial score (nSPS) is 11.8. The minimum absolute atomic E-state index is 0.0681. The summed E-state index contributed by atoms with van der Waals surface area (Å²) in [6, 6.07) is 3.18. The molecule has 3 rings (SSSR count). The molecule has 8 heteroatoms. The zero-order chi connectivity index (χ0) is 16.7. The highest BCUT2D eigenvalue weighted by molar-refractivity contribution is 7.35. The van der Waals surface area contributed by atoms with Crippen LogP contribution in [0.3, 0.4) is 0 Å². The molecule has 0 saturated heterocycles. The standard InChI is InChI=1S/C15H14ClFN3O2P/c1-3-10-14(22-15(21)20(10)23-2)8-4-7-5-11(18)19-6-9(7)12(16)13(8)17/h4-6,23H,3H2,1-2H3,(H2,18,19). The molecule has 0 aliphatic rings. The first kappa shape index (κ1) is 16.0. The van der Waals surface area contributed by atoms with Crippen LogP contribution in [-0.4, -0.2) is 16.0 Å². The smallest absolute Gasteiger partial charge is 0.407 e. The number of rotatable bonds is 3. The molecule has 2 heterocycles. The molecule has 120 valence electrons. The highest BCUT2D eigenvalue weighted by Gasteiger charge is 2.22. The Labute approximate surface area is 138 Å². The van der Waals surface area contributed by atoms with Crippen LogP contribution in [0, 0.1) is 5.82 Å². The quantitative estimate of drug-likeness (QED) is 0.729. The van der Waals surface area contributed by atoms with E-state index >= 15 is 0 Å². The second kappa shape index (κ2) is 5.95. The molecule has 1 aromatic carbocycles. The molecule has 0 aliphatic carbocycles. The zero-order valence-corrected chi connectivity index (χ0v) is 14.2. The number of hydrogen-bond acceptors (Lipinski definition) is 4. The van der Waals surface area contributed by atoms with Crippen molar-refractivity contribution in [1.82, 2.24) is 9.32 Å². The number of nitrogen functional groups attached to an aromatic ring is 1. The van der Waals surface area contributed by atoms with Gasteiger partial charge in [-0.3, -0.25) is 4.34 Å². The fraction of sp³-hybridized carbons (Fsp3) is 0.200. The van der Waals surface area contributed by atoms with Crippen LogP contribution in [0.15, 0.2) is 27.5 Å². The monoisotopic (exact) mass is 353 g/mol. The Balaban J connectivity index is 2.37. The minimum Gasteiger partial charge on any atom is -0.407 e. The summed E-state index contributed by atoms with van der Waals surface area (Å²) in [5.74, 6) is -0.622. The molecule has 2 N–H and O–H groups in total. The molecule has 1 unspecified atom stereocenters. The first-order chi connectivity index (χ1) is 11.0. The van der Waals surface area contributed by atoms with Crippen LogP contribution in [-0.2, 0) is 6.42 Å². The van der Waals surface area contributed by atoms with E-state index in [0.29, 0.717) is 28.7 Å². The molecule has 0 bridgehead atoms. The predicted octanol–water partition coefficient (Wildman–Crippen LogP) is 3.67. The van der Waals surface area contributed by atoms with Gasteiger partial charge < -0.3 is 10.2 Å². The lowest BCUT2D eigenvalue weighted by Gasteiger charge is -2.09. The van der Waals surface area contributed by atoms with Crippen molar-refractivity contribution in [3.8, 4) is 11.3 Å². The maximum atomic E-state index is 14.7. The molecular formula is C15H14ClFN3O2P. The van der Waals surface area contributed by atoms with Crippen LogP contribution < -0.4 is 11.5 Å². The van der Waals surface area contributed by atoms with E-state index in [9.17, 15) is 9.18 Å². The van der Waals surface area contributed by atoms with Gasteiger partial charge in [-0.1, -0.05) is 18.5 Å². The van der Waals surface area contributed by atoms with Gasteiger partial charge in [0.1, 0.15) is 5.82 Å². The molecule has 0 fully saturated rings. The van der Waals surface area contributed by atoms with Gasteiger partial charge in [0, 0.05) is 11.6 Å². The number of benzene rings is 1. The number of nitrogens with two attached hydrogens (primary N) is 1. The second-order valence-electron chi connectivity index (χ2n) is 4.94. The molecule has 2 aromatic heterocycles. The number of nitrogens with zero attached hydrogens (tertiary/aromatic N) is 2. The van der Waals surface area contributed by atoms with E-state index in [0.717, 1.165) is 0 Å². The van der Waals surface area contributed by atoms with E-state index in [2.05, 4.69) is 4.98 Å². The van der Waals surface area contributed by atoms with Crippen LogP contribution in [0.4, 0.5) is 10.2 Å². The van der Waals surface area contributed by atoms with Crippen molar-refractivity contribution in [3.63, 3.8) is 0 Å². The largest absolute Gasteiger partial charge is 0.422 e. The highest BCUT2D eigenvalue weighted by Crippen LogP contribution is 2.36. The van der Waals surface area contributed by atoms with Crippen molar-refractivity contribution >= 4 is 36.9 Å². The molecule has 0 aliphatic heterocycles. The average molecular weight is 354 g/mol. The number of hydrogen-bond donors (Lipinski definition) is 1. The molecule has 0 saturated carbocycles. The SMILES string of the molecule is CCc1c(-c2cc3cc(N)ncc3c(Cl)c2F)oc(=O)n1PC. The summed E-state index contributed by atoms with van der Waals surface area (Å²) in [5.41, 5.74) is 6.48. The van der Waals surface area contributed by atoms with Crippen molar-refractivity contribution in [2.45, 2.75) is 13.3 Å². The molecule has 0 radical (unpaired) electrons. The number of halogens is 2. The maximum Gasteiger partial charge on any atom is 0.422 e. The van der Waals surface area contributed by atoms with Crippen molar-refractivity contribution in [2.75, 3.05) is 12.4 Å². The van der Waals surface area contributed by atoms with Crippen molar-refractivity contribution in [3.05, 3.63) is 45.4 Å². The third kappa shape index (κ3) is 2.52. The summed E-state index contributed by atoms with van der Waals surface area (Å²) in [6.45, 7) is 3.74. The summed E-state index contributed by atoms with van der Waals surface area (Å²) >= 11 is 6.13. The Bertz CT molecular complexity index is 967. The van der Waals surface area contributed by atoms with Crippen molar-refractivity contribution in [1.29, 1.82) is 0 Å². The molecule has 0 spiro atoms. The van der Waals surface area contributed by atoms with Gasteiger partial charge in [0.2, 0.25) is 0 Å². The van der Waals surface area contributed by atoms with Gasteiger partial charge in [-0.05, 0) is 39.3 Å².